The van der Waals surface area contributed by atoms with E-state index < -0.39 is 0 Å². The summed E-state index contributed by atoms with van der Waals surface area (Å²) in [5.74, 6) is 0.0627. The first-order valence-corrected chi connectivity index (χ1v) is 7.92. The van der Waals surface area contributed by atoms with Gasteiger partial charge in [0.1, 0.15) is 0 Å². The standard InChI is InChI=1S/C16H13O.C3H8.C2H6.Y/c1-13(17)7-8-14-9-11-16(12-10-14)15-5-3-2-4-6-15;1-3-2;1-2;/h3-12H,1H3;3H2,1-2H3;1-2H3;/q-1;;;. The predicted octanol–water partition coefficient (Wildman–Crippen LogP) is 6.20. The molecule has 2 rings (SSSR count). The van der Waals surface area contributed by atoms with E-state index in [2.05, 4.69) is 32.0 Å². The Morgan fingerprint density at radius 3 is 1.83 bits per heavy atom. The number of hydrogen-bond acceptors (Lipinski definition) is 1. The van der Waals surface area contributed by atoms with Crippen LogP contribution in [0.4, 0.5) is 0 Å². The fourth-order valence-electron chi connectivity index (χ4n) is 1.58. The summed E-state index contributed by atoms with van der Waals surface area (Å²) in [7, 11) is 0. The van der Waals surface area contributed by atoms with Crippen molar-refractivity contribution in [3.05, 3.63) is 66.2 Å². The van der Waals surface area contributed by atoms with E-state index in [0.717, 1.165) is 5.56 Å². The van der Waals surface area contributed by atoms with Gasteiger partial charge in [0.2, 0.25) is 0 Å². The molecule has 2 aromatic carbocycles. The molecule has 1 radical (unpaired) electrons. The third kappa shape index (κ3) is 11.2. The first kappa shape index (κ1) is 24.2. The fourth-order valence-corrected chi connectivity index (χ4v) is 1.58. The molecule has 0 aliphatic carbocycles. The molecule has 121 valence electrons. The third-order valence-electron chi connectivity index (χ3n) is 2.47. The maximum atomic E-state index is 10.8. The summed E-state index contributed by atoms with van der Waals surface area (Å²) in [4.78, 5) is 10.8. The minimum Gasteiger partial charge on any atom is -0.295 e. The Hall–Kier alpha value is -1.05. The SMILES string of the molecule is CC.CC(=O)C=Cc1ccc(-c2cc[c-]cc2)cc1.CCC.[Y]. The summed E-state index contributed by atoms with van der Waals surface area (Å²) in [5.41, 5.74) is 3.37. The van der Waals surface area contributed by atoms with Crippen LogP contribution in [0.1, 0.15) is 46.6 Å². The molecule has 0 aliphatic heterocycles. The second-order valence-corrected chi connectivity index (χ2v) is 4.56. The van der Waals surface area contributed by atoms with Crippen LogP contribution < -0.4 is 0 Å². The minimum absolute atomic E-state index is 0. The van der Waals surface area contributed by atoms with Crippen LogP contribution in [0, 0.1) is 6.07 Å². The molecular weight excluding hydrogens is 357 g/mol. The Kier molecular flexibility index (Phi) is 16.7. The predicted molar refractivity (Wildman–Crippen MR) is 97.7 cm³/mol. The molecule has 2 aromatic rings. The molecule has 2 heteroatoms. The van der Waals surface area contributed by atoms with Crippen molar-refractivity contribution in [3.63, 3.8) is 0 Å². The summed E-state index contributed by atoms with van der Waals surface area (Å²) in [6, 6.07) is 19.0. The zero-order valence-corrected chi connectivity index (χ0v) is 17.8. The van der Waals surface area contributed by atoms with Gasteiger partial charge in [0.05, 0.1) is 0 Å². The third-order valence-corrected chi connectivity index (χ3v) is 2.47. The first-order valence-electron chi connectivity index (χ1n) is 7.92. The first-order chi connectivity index (χ1) is 10.7. The topological polar surface area (TPSA) is 17.1 Å². The van der Waals surface area contributed by atoms with Crippen LogP contribution in [0.25, 0.3) is 17.2 Å². The van der Waals surface area contributed by atoms with Crippen LogP contribution in [0.5, 0.6) is 0 Å². The average molecular weight is 384 g/mol. The van der Waals surface area contributed by atoms with Crippen molar-refractivity contribution in [2.24, 2.45) is 0 Å². The Labute approximate surface area is 167 Å². The fraction of sp³-hybridized carbons (Fsp3) is 0.286. The number of carbonyl (C=O) groups is 1. The van der Waals surface area contributed by atoms with Crippen LogP contribution in [0.15, 0.2) is 54.6 Å². The van der Waals surface area contributed by atoms with Crippen molar-refractivity contribution in [2.75, 3.05) is 0 Å². The summed E-state index contributed by atoms with van der Waals surface area (Å²) in [6.07, 6.45) is 4.65. The van der Waals surface area contributed by atoms with Gasteiger partial charge in [-0.05, 0) is 24.1 Å². The summed E-state index contributed by atoms with van der Waals surface area (Å²) in [6.45, 7) is 9.80. The van der Waals surface area contributed by atoms with E-state index in [0.29, 0.717) is 0 Å². The van der Waals surface area contributed by atoms with Crippen molar-refractivity contribution >= 4 is 11.9 Å². The molecule has 0 N–H and O–H groups in total. The maximum absolute atomic E-state index is 10.8. The van der Waals surface area contributed by atoms with Crippen molar-refractivity contribution in [2.45, 2.75) is 41.0 Å². The molecule has 0 amide bonds. The number of ketones is 1. The van der Waals surface area contributed by atoms with Gasteiger partial charge in [-0.15, -0.1) is 5.56 Å². The molecular formula is C21H27OY-. The summed E-state index contributed by atoms with van der Waals surface area (Å²) >= 11 is 0. The molecule has 0 atom stereocenters. The molecule has 0 unspecified atom stereocenters. The number of allylic oxidation sites excluding steroid dienone is 1. The molecule has 0 aliphatic rings. The zero-order chi connectivity index (χ0) is 16.8. The van der Waals surface area contributed by atoms with E-state index in [9.17, 15) is 4.79 Å². The summed E-state index contributed by atoms with van der Waals surface area (Å²) < 4.78 is 0. The van der Waals surface area contributed by atoms with Gasteiger partial charge in [0.25, 0.3) is 0 Å². The molecule has 0 heterocycles. The van der Waals surface area contributed by atoms with Crippen LogP contribution >= 0.6 is 0 Å². The molecule has 0 fully saturated rings. The molecule has 23 heavy (non-hydrogen) atoms. The molecule has 0 aromatic heterocycles. The van der Waals surface area contributed by atoms with E-state index in [1.165, 1.54) is 17.5 Å². The Balaban J connectivity index is 0. The van der Waals surface area contributed by atoms with E-state index in [1.54, 1.807) is 13.0 Å². The molecule has 0 saturated heterocycles. The maximum Gasteiger partial charge on any atom is 0.152 e. The van der Waals surface area contributed by atoms with Gasteiger partial charge in [-0.3, -0.25) is 4.79 Å². The second kappa shape index (κ2) is 15.8. The van der Waals surface area contributed by atoms with Crippen molar-refractivity contribution < 1.29 is 37.5 Å². The van der Waals surface area contributed by atoms with Crippen LogP contribution in [-0.2, 0) is 37.5 Å². The van der Waals surface area contributed by atoms with Crippen molar-refractivity contribution in [1.29, 1.82) is 0 Å². The van der Waals surface area contributed by atoms with Gasteiger partial charge < -0.3 is 0 Å². The minimum atomic E-state index is 0. The largest absolute Gasteiger partial charge is 0.295 e. The van der Waals surface area contributed by atoms with Gasteiger partial charge in [-0.25, -0.2) is 0 Å². The Morgan fingerprint density at radius 2 is 1.39 bits per heavy atom. The zero-order valence-electron chi connectivity index (χ0n) is 15.0. The van der Waals surface area contributed by atoms with Gasteiger partial charge in [0, 0.05) is 32.7 Å². The van der Waals surface area contributed by atoms with Crippen LogP contribution in [0.3, 0.4) is 0 Å². The van der Waals surface area contributed by atoms with E-state index >= 15 is 0 Å². The van der Waals surface area contributed by atoms with Gasteiger partial charge in [-0.1, -0.05) is 64.5 Å². The number of carbonyl (C=O) groups excluding carboxylic acids is 1. The Morgan fingerprint density at radius 1 is 0.957 bits per heavy atom. The normalized spacial score (nSPS) is 8.91. The second-order valence-electron chi connectivity index (χ2n) is 4.56. The van der Waals surface area contributed by atoms with E-state index in [1.807, 2.05) is 56.3 Å². The smallest absolute Gasteiger partial charge is 0.152 e. The number of rotatable bonds is 3. The quantitative estimate of drug-likeness (QED) is 0.455. The summed E-state index contributed by atoms with van der Waals surface area (Å²) in [5, 5.41) is 0. The number of benzene rings is 2. The van der Waals surface area contributed by atoms with E-state index in [-0.39, 0.29) is 38.5 Å². The van der Waals surface area contributed by atoms with Crippen LogP contribution in [-0.4, -0.2) is 5.78 Å². The molecule has 1 nitrogen and oxygen atoms in total. The average Bonchev–Trinajstić information content (AvgIpc) is 2.57. The molecule has 0 spiro atoms. The molecule has 0 saturated carbocycles. The number of hydrogen-bond donors (Lipinski definition) is 0. The molecule has 0 bridgehead atoms. The van der Waals surface area contributed by atoms with Crippen molar-refractivity contribution in [1.82, 2.24) is 0 Å². The van der Waals surface area contributed by atoms with Crippen molar-refractivity contribution in [3.8, 4) is 11.1 Å². The Bertz CT molecular complexity index is 542. The van der Waals surface area contributed by atoms with Crippen LogP contribution in [0.2, 0.25) is 0 Å². The van der Waals surface area contributed by atoms with E-state index in [4.69, 9.17) is 0 Å². The van der Waals surface area contributed by atoms with Gasteiger partial charge >= 0.3 is 0 Å². The van der Waals surface area contributed by atoms with Gasteiger partial charge in [-0.2, -0.15) is 30.3 Å². The van der Waals surface area contributed by atoms with Gasteiger partial charge in [0.15, 0.2) is 5.78 Å². The monoisotopic (exact) mass is 384 g/mol.